The van der Waals surface area contributed by atoms with E-state index in [1.807, 2.05) is 0 Å². The summed E-state index contributed by atoms with van der Waals surface area (Å²) in [6.45, 7) is 0.330. The Morgan fingerprint density at radius 2 is 2.15 bits per heavy atom. The summed E-state index contributed by atoms with van der Waals surface area (Å²) in [5.74, 6) is 0.373. The first-order valence-electron chi connectivity index (χ1n) is 5.63. The lowest BCUT2D eigenvalue weighted by molar-refractivity contribution is 0.0932. The number of furan rings is 1. The number of amides is 1. The molecule has 0 saturated carbocycles. The summed E-state index contributed by atoms with van der Waals surface area (Å²) in [6.07, 6.45) is 0.707. The monoisotopic (exact) mass is 352 g/mol. The Morgan fingerprint density at radius 3 is 2.70 bits per heavy atom. The first kappa shape index (κ1) is 15.7. The van der Waals surface area contributed by atoms with E-state index in [1.165, 1.54) is 11.3 Å². The van der Waals surface area contributed by atoms with Crippen LogP contribution in [0.2, 0.25) is 0 Å². The molecule has 20 heavy (non-hydrogen) atoms. The van der Waals surface area contributed by atoms with Gasteiger partial charge in [0.2, 0.25) is 3.79 Å². The van der Waals surface area contributed by atoms with Crippen molar-refractivity contribution in [3.05, 3.63) is 46.5 Å². The number of hydrogen-bond donors (Lipinski definition) is 2. The minimum atomic E-state index is -1.68. The molecule has 0 unspecified atom stereocenters. The summed E-state index contributed by atoms with van der Waals surface area (Å²) in [5, 5.41) is 7.38. The van der Waals surface area contributed by atoms with Crippen LogP contribution in [0.15, 0.2) is 40.3 Å². The lowest BCUT2D eigenvalue weighted by atomic mass is 10.4. The van der Waals surface area contributed by atoms with Crippen LogP contribution in [0, 0.1) is 0 Å². The van der Waals surface area contributed by atoms with Crippen molar-refractivity contribution in [2.24, 2.45) is 0 Å². The number of halogens is 3. The molecule has 2 heterocycles. The van der Waals surface area contributed by atoms with Gasteiger partial charge in [-0.2, -0.15) is 0 Å². The third kappa shape index (κ3) is 4.40. The zero-order valence-corrected chi connectivity index (χ0v) is 13.2. The van der Waals surface area contributed by atoms with Gasteiger partial charge in [-0.05, 0) is 23.6 Å². The lowest BCUT2D eigenvalue weighted by Gasteiger charge is -2.26. The molecule has 0 fully saturated rings. The predicted octanol–water partition coefficient (Wildman–Crippen LogP) is 3.56. The fraction of sp³-hybridized carbons (Fsp3) is 0.250. The average Bonchev–Trinajstić information content (AvgIpc) is 3.04. The van der Waals surface area contributed by atoms with Crippen LogP contribution >= 0.6 is 46.1 Å². The molecule has 4 nitrogen and oxygen atoms in total. The van der Waals surface area contributed by atoms with E-state index in [9.17, 15) is 4.79 Å². The van der Waals surface area contributed by atoms with Crippen molar-refractivity contribution in [2.45, 2.75) is 16.5 Å². The van der Waals surface area contributed by atoms with Gasteiger partial charge in [-0.3, -0.25) is 10.1 Å². The first-order valence-corrected chi connectivity index (χ1v) is 7.65. The number of carbonyl (C=O) groups excluding carboxylic acids is 1. The van der Waals surface area contributed by atoms with Crippen LogP contribution in [-0.4, -0.2) is 15.9 Å². The largest absolute Gasteiger partial charge is 0.468 e. The number of nitrogens with one attached hydrogen (secondary N) is 2. The third-order valence-electron chi connectivity index (χ3n) is 2.41. The van der Waals surface area contributed by atoms with E-state index < -0.39 is 9.96 Å². The van der Waals surface area contributed by atoms with Crippen LogP contribution < -0.4 is 10.6 Å². The highest BCUT2D eigenvalue weighted by Gasteiger charge is 2.34. The maximum absolute atomic E-state index is 12.0. The minimum absolute atomic E-state index is 0.303. The maximum atomic E-state index is 12.0. The molecule has 0 saturated heterocycles. The van der Waals surface area contributed by atoms with Gasteiger partial charge >= 0.3 is 0 Å². The van der Waals surface area contributed by atoms with Gasteiger partial charge < -0.3 is 9.73 Å². The molecule has 0 spiro atoms. The Labute approximate surface area is 135 Å². The van der Waals surface area contributed by atoms with Crippen molar-refractivity contribution in [3.8, 4) is 0 Å². The Bertz CT molecular complexity index is 538. The molecule has 0 aromatic carbocycles. The highest BCUT2D eigenvalue weighted by molar-refractivity contribution is 7.12. The molecular weight excluding hydrogens is 343 g/mol. The number of rotatable bonds is 5. The summed E-state index contributed by atoms with van der Waals surface area (Å²) in [7, 11) is 0. The number of alkyl halides is 3. The molecule has 0 aliphatic carbocycles. The molecular formula is C12H11Cl3N2O2S. The van der Waals surface area contributed by atoms with Crippen LogP contribution in [-0.2, 0) is 6.54 Å². The smallest absolute Gasteiger partial charge is 0.262 e. The Balaban J connectivity index is 1.99. The van der Waals surface area contributed by atoms with Gasteiger partial charge in [0, 0.05) is 0 Å². The van der Waals surface area contributed by atoms with Gasteiger partial charge in [-0.25, -0.2) is 0 Å². The normalized spacial score (nSPS) is 13.2. The third-order valence-corrected chi connectivity index (χ3v) is 3.93. The lowest BCUT2D eigenvalue weighted by Crippen LogP contribution is -2.52. The van der Waals surface area contributed by atoms with Gasteiger partial charge in [-0.15, -0.1) is 11.3 Å². The topological polar surface area (TPSA) is 54.3 Å². The highest BCUT2D eigenvalue weighted by Crippen LogP contribution is 2.29. The van der Waals surface area contributed by atoms with E-state index in [4.69, 9.17) is 39.2 Å². The van der Waals surface area contributed by atoms with Crippen molar-refractivity contribution in [1.29, 1.82) is 0 Å². The molecule has 2 N–H and O–H groups in total. The van der Waals surface area contributed by atoms with E-state index in [1.54, 1.807) is 35.9 Å². The first-order chi connectivity index (χ1) is 9.47. The number of carbonyl (C=O) groups is 1. The van der Waals surface area contributed by atoms with Gasteiger partial charge in [0.1, 0.15) is 11.9 Å². The SMILES string of the molecule is O=C(N[C@H](NCc1ccco1)C(Cl)(Cl)Cl)c1cccs1. The molecule has 0 radical (unpaired) electrons. The van der Waals surface area contributed by atoms with Crippen LogP contribution in [0.25, 0.3) is 0 Å². The Hall–Kier alpha value is -0.720. The van der Waals surface area contributed by atoms with Crippen LogP contribution in [0.3, 0.4) is 0 Å². The molecule has 0 bridgehead atoms. The number of hydrogen-bond acceptors (Lipinski definition) is 4. The average molecular weight is 354 g/mol. The molecule has 1 amide bonds. The molecule has 0 aliphatic heterocycles. The molecule has 1 atom stereocenters. The second kappa shape index (κ2) is 6.83. The van der Waals surface area contributed by atoms with Gasteiger partial charge in [0.25, 0.3) is 5.91 Å². The zero-order valence-electron chi connectivity index (χ0n) is 10.1. The predicted molar refractivity (Wildman–Crippen MR) is 81.4 cm³/mol. The van der Waals surface area contributed by atoms with Crippen molar-refractivity contribution in [1.82, 2.24) is 10.6 Å². The summed E-state index contributed by atoms with van der Waals surface area (Å²) >= 11 is 18.9. The molecule has 8 heteroatoms. The summed E-state index contributed by atoms with van der Waals surface area (Å²) < 4.78 is 3.49. The molecule has 0 aliphatic rings. The van der Waals surface area contributed by atoms with Crippen LogP contribution in [0.1, 0.15) is 15.4 Å². The standard InChI is InChI=1S/C12H11Cl3N2O2S/c13-12(14,15)11(16-7-8-3-1-5-19-8)17-10(18)9-4-2-6-20-9/h1-6,11,16H,7H2,(H,17,18)/t11-/m0/s1. The van der Waals surface area contributed by atoms with E-state index in [2.05, 4.69) is 10.6 Å². The van der Waals surface area contributed by atoms with Crippen LogP contribution in [0.4, 0.5) is 0 Å². The summed E-state index contributed by atoms with van der Waals surface area (Å²) in [6, 6.07) is 7.01. The van der Waals surface area contributed by atoms with Crippen molar-refractivity contribution in [2.75, 3.05) is 0 Å². The van der Waals surface area contributed by atoms with E-state index in [-0.39, 0.29) is 5.91 Å². The maximum Gasteiger partial charge on any atom is 0.262 e. The second-order valence-corrected chi connectivity index (χ2v) is 7.20. The second-order valence-electron chi connectivity index (χ2n) is 3.89. The van der Waals surface area contributed by atoms with Crippen LogP contribution in [0.5, 0.6) is 0 Å². The number of thiophene rings is 1. The van der Waals surface area contributed by atoms with Crippen molar-refractivity contribution < 1.29 is 9.21 Å². The Kier molecular flexibility index (Phi) is 5.35. The quantitative estimate of drug-likeness (QED) is 0.638. The summed E-state index contributed by atoms with van der Waals surface area (Å²) in [5.41, 5.74) is 0. The molecule has 2 rings (SSSR count). The fourth-order valence-corrected chi connectivity index (χ4v) is 2.50. The van der Waals surface area contributed by atoms with Crippen molar-refractivity contribution in [3.63, 3.8) is 0 Å². The minimum Gasteiger partial charge on any atom is -0.468 e. The molecule has 2 aromatic rings. The highest BCUT2D eigenvalue weighted by atomic mass is 35.6. The molecule has 108 valence electrons. The fourth-order valence-electron chi connectivity index (χ4n) is 1.47. The van der Waals surface area contributed by atoms with E-state index >= 15 is 0 Å². The van der Waals surface area contributed by atoms with Gasteiger partial charge in [-0.1, -0.05) is 40.9 Å². The zero-order chi connectivity index (χ0) is 14.6. The van der Waals surface area contributed by atoms with E-state index in [0.717, 1.165) is 0 Å². The van der Waals surface area contributed by atoms with E-state index in [0.29, 0.717) is 17.2 Å². The van der Waals surface area contributed by atoms with Gasteiger partial charge in [0.05, 0.1) is 17.7 Å². The molecule has 2 aromatic heterocycles. The van der Waals surface area contributed by atoms with Gasteiger partial charge in [0.15, 0.2) is 0 Å². The summed E-state index contributed by atoms with van der Waals surface area (Å²) in [4.78, 5) is 12.5. The van der Waals surface area contributed by atoms with Crippen molar-refractivity contribution >= 4 is 52.0 Å². The Morgan fingerprint density at radius 1 is 1.35 bits per heavy atom.